The third kappa shape index (κ3) is 6.56. The number of benzene rings is 2. The van der Waals surface area contributed by atoms with Crippen LogP contribution in [-0.2, 0) is 9.53 Å². The average molecular weight is 416 g/mol. The number of nitro benzene ring substituents is 1. The van der Waals surface area contributed by atoms with Gasteiger partial charge in [0.2, 0.25) is 5.91 Å². The number of amides is 1. The molecule has 3 rings (SSSR count). The predicted octanol–water partition coefficient (Wildman–Crippen LogP) is 3.19. The summed E-state index contributed by atoms with van der Waals surface area (Å²) in [6.45, 7) is 5.92. The van der Waals surface area contributed by atoms with E-state index >= 15 is 0 Å². The monoisotopic (exact) mass is 415 g/mol. The van der Waals surface area contributed by atoms with Gasteiger partial charge >= 0.3 is 0 Å². The normalized spacial score (nSPS) is 15.6. The molecule has 0 bridgehead atoms. The molecule has 0 unspecified atom stereocenters. The fourth-order valence-electron chi connectivity index (χ4n) is 3.12. The molecule has 1 aliphatic heterocycles. The van der Waals surface area contributed by atoms with Crippen molar-refractivity contribution in [3.05, 3.63) is 69.8 Å². The van der Waals surface area contributed by atoms with Crippen LogP contribution in [0.4, 0.5) is 5.69 Å². The zero-order chi connectivity index (χ0) is 20.6. The molecule has 2 aromatic carbocycles. The Hall–Kier alpha value is -2.42. The number of hydrogen-bond donors (Lipinski definition) is 1. The Balaban J connectivity index is 1.60. The molecule has 0 saturated carbocycles. The quantitative estimate of drug-likeness (QED) is 0.405. The minimum Gasteiger partial charge on any atom is -0.379 e. The molecular formula is C21H25N3O4S. The second-order valence-corrected chi connectivity index (χ2v) is 8.03. The van der Waals surface area contributed by atoms with Crippen molar-refractivity contribution in [2.75, 3.05) is 38.6 Å². The van der Waals surface area contributed by atoms with Crippen molar-refractivity contribution in [1.29, 1.82) is 0 Å². The Morgan fingerprint density at radius 1 is 1.17 bits per heavy atom. The van der Waals surface area contributed by atoms with Crippen LogP contribution in [0.1, 0.15) is 17.2 Å². The SMILES string of the molecule is Cc1ccc([C@@H](CN2CCOCC2)NC(=O)CSc2ccc([N+](=O)[O-])cc2)cc1. The summed E-state index contributed by atoms with van der Waals surface area (Å²) < 4.78 is 5.42. The van der Waals surface area contributed by atoms with Crippen LogP contribution in [0.2, 0.25) is 0 Å². The molecule has 0 spiro atoms. The number of morpholine rings is 1. The summed E-state index contributed by atoms with van der Waals surface area (Å²) >= 11 is 1.37. The molecule has 0 aromatic heterocycles. The lowest BCUT2D eigenvalue weighted by molar-refractivity contribution is -0.384. The van der Waals surface area contributed by atoms with E-state index in [0.717, 1.165) is 30.1 Å². The van der Waals surface area contributed by atoms with E-state index in [1.54, 1.807) is 12.1 Å². The number of thioether (sulfide) groups is 1. The standard InChI is InChI=1S/C21H25N3O4S/c1-16-2-4-17(5-3-16)20(14-23-10-12-28-13-11-23)22-21(25)15-29-19-8-6-18(7-9-19)24(26)27/h2-9,20H,10-15H2,1H3,(H,22,25)/t20-/m1/s1. The summed E-state index contributed by atoms with van der Waals surface area (Å²) in [6.07, 6.45) is 0. The van der Waals surface area contributed by atoms with Gasteiger partial charge in [-0.15, -0.1) is 11.8 Å². The van der Waals surface area contributed by atoms with E-state index in [1.807, 2.05) is 6.92 Å². The highest BCUT2D eigenvalue weighted by atomic mass is 32.2. The van der Waals surface area contributed by atoms with Gasteiger partial charge in [0.25, 0.3) is 5.69 Å². The molecule has 2 aromatic rings. The van der Waals surface area contributed by atoms with Crippen molar-refractivity contribution in [3.8, 4) is 0 Å². The highest BCUT2D eigenvalue weighted by Crippen LogP contribution is 2.22. The molecule has 1 fully saturated rings. The van der Waals surface area contributed by atoms with Gasteiger partial charge in [-0.05, 0) is 24.6 Å². The second kappa shape index (κ2) is 10.4. The van der Waals surface area contributed by atoms with E-state index in [1.165, 1.54) is 29.5 Å². The second-order valence-electron chi connectivity index (χ2n) is 6.98. The van der Waals surface area contributed by atoms with Crippen molar-refractivity contribution in [2.45, 2.75) is 17.9 Å². The minimum atomic E-state index is -0.432. The van der Waals surface area contributed by atoms with Gasteiger partial charge < -0.3 is 10.1 Å². The molecule has 8 heteroatoms. The summed E-state index contributed by atoms with van der Waals surface area (Å²) in [5.41, 5.74) is 2.30. The Labute approximate surface area is 174 Å². The first kappa shape index (κ1) is 21.3. The number of ether oxygens (including phenoxy) is 1. The van der Waals surface area contributed by atoms with Crippen LogP contribution in [-0.4, -0.2) is 54.3 Å². The number of nitrogens with one attached hydrogen (secondary N) is 1. The number of rotatable bonds is 8. The van der Waals surface area contributed by atoms with Crippen LogP contribution >= 0.6 is 11.8 Å². The maximum absolute atomic E-state index is 12.6. The third-order valence-corrected chi connectivity index (χ3v) is 5.79. The lowest BCUT2D eigenvalue weighted by Gasteiger charge is -2.31. The summed E-state index contributed by atoms with van der Waals surface area (Å²) in [6, 6.07) is 14.4. The predicted molar refractivity (Wildman–Crippen MR) is 113 cm³/mol. The molecule has 1 saturated heterocycles. The minimum absolute atomic E-state index is 0.0451. The number of aryl methyl sites for hydroxylation is 1. The van der Waals surface area contributed by atoms with E-state index < -0.39 is 4.92 Å². The highest BCUT2D eigenvalue weighted by molar-refractivity contribution is 8.00. The van der Waals surface area contributed by atoms with Gasteiger partial charge in [0.05, 0.1) is 29.9 Å². The van der Waals surface area contributed by atoms with Gasteiger partial charge in [0.1, 0.15) is 0 Å². The molecule has 1 amide bonds. The van der Waals surface area contributed by atoms with Crippen LogP contribution in [0.3, 0.4) is 0 Å². The summed E-state index contributed by atoms with van der Waals surface area (Å²) in [4.78, 5) is 26.0. The topological polar surface area (TPSA) is 84.7 Å². The lowest BCUT2D eigenvalue weighted by atomic mass is 10.0. The van der Waals surface area contributed by atoms with Gasteiger partial charge in [0, 0.05) is 36.7 Å². The summed E-state index contributed by atoms with van der Waals surface area (Å²) in [5, 5.41) is 13.9. The number of non-ortho nitro benzene ring substituents is 1. The maximum Gasteiger partial charge on any atom is 0.269 e. The van der Waals surface area contributed by atoms with Crippen LogP contribution in [0.15, 0.2) is 53.4 Å². The van der Waals surface area contributed by atoms with E-state index in [-0.39, 0.29) is 23.4 Å². The molecule has 1 N–H and O–H groups in total. The fourth-order valence-corrected chi connectivity index (χ4v) is 3.83. The molecule has 0 radical (unpaired) electrons. The van der Waals surface area contributed by atoms with Crippen LogP contribution < -0.4 is 5.32 Å². The number of carbonyl (C=O) groups is 1. The molecule has 1 aliphatic rings. The third-order valence-electron chi connectivity index (χ3n) is 4.78. The van der Waals surface area contributed by atoms with Crippen molar-refractivity contribution < 1.29 is 14.5 Å². The van der Waals surface area contributed by atoms with Gasteiger partial charge in [-0.25, -0.2) is 0 Å². The van der Waals surface area contributed by atoms with E-state index in [2.05, 4.69) is 34.5 Å². The first-order chi connectivity index (χ1) is 14.0. The Bertz CT molecular complexity index is 821. The maximum atomic E-state index is 12.6. The van der Waals surface area contributed by atoms with Crippen molar-refractivity contribution in [2.24, 2.45) is 0 Å². The lowest BCUT2D eigenvalue weighted by Crippen LogP contribution is -2.43. The van der Waals surface area contributed by atoms with E-state index in [9.17, 15) is 14.9 Å². The van der Waals surface area contributed by atoms with Crippen molar-refractivity contribution >= 4 is 23.4 Å². The molecule has 1 heterocycles. The van der Waals surface area contributed by atoms with Crippen LogP contribution in [0, 0.1) is 17.0 Å². The molecule has 1 atom stereocenters. The molecule has 29 heavy (non-hydrogen) atoms. The molecular weight excluding hydrogens is 390 g/mol. The Kier molecular flexibility index (Phi) is 7.62. The highest BCUT2D eigenvalue weighted by Gasteiger charge is 2.20. The fraction of sp³-hybridized carbons (Fsp3) is 0.381. The Morgan fingerprint density at radius 3 is 2.45 bits per heavy atom. The van der Waals surface area contributed by atoms with Gasteiger partial charge in [-0.1, -0.05) is 29.8 Å². The zero-order valence-corrected chi connectivity index (χ0v) is 17.2. The van der Waals surface area contributed by atoms with Gasteiger partial charge in [-0.3, -0.25) is 19.8 Å². The van der Waals surface area contributed by atoms with Crippen LogP contribution in [0.25, 0.3) is 0 Å². The molecule has 7 nitrogen and oxygen atoms in total. The first-order valence-corrected chi connectivity index (χ1v) is 10.5. The molecule has 154 valence electrons. The zero-order valence-electron chi connectivity index (χ0n) is 16.4. The number of hydrogen-bond acceptors (Lipinski definition) is 6. The summed E-state index contributed by atoms with van der Waals surface area (Å²) in [7, 11) is 0. The van der Waals surface area contributed by atoms with Crippen molar-refractivity contribution in [3.63, 3.8) is 0 Å². The Morgan fingerprint density at radius 2 is 1.83 bits per heavy atom. The van der Waals surface area contributed by atoms with E-state index in [4.69, 9.17) is 4.74 Å². The van der Waals surface area contributed by atoms with Gasteiger partial charge in [-0.2, -0.15) is 0 Å². The average Bonchev–Trinajstić information content (AvgIpc) is 2.73. The van der Waals surface area contributed by atoms with Crippen molar-refractivity contribution in [1.82, 2.24) is 10.2 Å². The summed E-state index contributed by atoms with van der Waals surface area (Å²) in [5.74, 6) is 0.190. The number of nitrogens with zero attached hydrogens (tertiary/aromatic N) is 2. The van der Waals surface area contributed by atoms with Crippen LogP contribution in [0.5, 0.6) is 0 Å². The van der Waals surface area contributed by atoms with Gasteiger partial charge in [0.15, 0.2) is 0 Å². The largest absolute Gasteiger partial charge is 0.379 e. The molecule has 0 aliphatic carbocycles. The number of nitro groups is 1. The first-order valence-electron chi connectivity index (χ1n) is 9.54. The number of carbonyl (C=O) groups excluding carboxylic acids is 1. The van der Waals surface area contributed by atoms with E-state index in [0.29, 0.717) is 13.2 Å². The smallest absolute Gasteiger partial charge is 0.269 e.